The summed E-state index contributed by atoms with van der Waals surface area (Å²) >= 11 is 5.60. The summed E-state index contributed by atoms with van der Waals surface area (Å²) in [5.41, 5.74) is 2.48. The molecular weight excluding hydrogens is 340 g/mol. The summed E-state index contributed by atoms with van der Waals surface area (Å²) in [6.45, 7) is 4.25. The highest BCUT2D eigenvalue weighted by Gasteiger charge is 2.31. The van der Waals surface area contributed by atoms with Gasteiger partial charge in [-0.25, -0.2) is 0 Å². The highest BCUT2D eigenvalue weighted by Crippen LogP contribution is 2.40. The number of nitrogens with zero attached hydrogens (tertiary/aromatic N) is 1. The predicted molar refractivity (Wildman–Crippen MR) is 86.5 cm³/mol. The minimum Gasteiger partial charge on any atom is -0.378 e. The fraction of sp³-hybridized carbons (Fsp3) is 0.500. The van der Waals surface area contributed by atoms with Gasteiger partial charge in [-0.15, -0.1) is 0 Å². The molecule has 2 atom stereocenters. The maximum atomic E-state index is 11.5. The Balaban J connectivity index is 1.91. The number of hydrogen-bond acceptors (Lipinski definition) is 4. The van der Waals surface area contributed by atoms with Crippen LogP contribution in [0.1, 0.15) is 25.0 Å². The quantitative estimate of drug-likeness (QED) is 0.855. The smallest absolute Gasteiger partial charge is 0.257 e. The number of halogens is 1. The number of fused-ring (bicyclic) bond motifs is 1. The number of benzene rings is 1. The van der Waals surface area contributed by atoms with E-state index in [-0.39, 0.29) is 5.91 Å². The van der Waals surface area contributed by atoms with Crippen molar-refractivity contribution in [2.45, 2.75) is 24.7 Å². The maximum Gasteiger partial charge on any atom is 0.257 e. The number of aliphatic hydroxyl groups is 1. The van der Waals surface area contributed by atoms with Crippen LogP contribution in [-0.4, -0.2) is 35.1 Å². The monoisotopic (exact) mass is 356 g/mol. The normalized spacial score (nSPS) is 25.6. The van der Waals surface area contributed by atoms with Gasteiger partial charge < -0.3 is 15.3 Å². The second-order valence-corrected chi connectivity index (χ2v) is 7.39. The van der Waals surface area contributed by atoms with Gasteiger partial charge in [-0.2, -0.15) is 11.8 Å². The number of anilines is 2. The number of carbonyl (C=O) groups excluding carboxylic acids is 1. The van der Waals surface area contributed by atoms with Gasteiger partial charge in [0.05, 0.1) is 5.69 Å². The number of nitrogens with one attached hydrogen (secondary N) is 1. The molecule has 1 fully saturated rings. The molecule has 0 spiro atoms. The number of rotatable bonds is 2. The Kier molecular flexibility index (Phi) is 3.97. The van der Waals surface area contributed by atoms with Crippen molar-refractivity contribution in [2.75, 3.05) is 29.1 Å². The fourth-order valence-corrected chi connectivity index (χ4v) is 4.47. The number of carbonyl (C=O) groups is 1. The van der Waals surface area contributed by atoms with Gasteiger partial charge in [0.25, 0.3) is 5.91 Å². The van der Waals surface area contributed by atoms with E-state index in [4.69, 9.17) is 0 Å². The molecule has 6 heteroatoms. The SMILES string of the molecule is CCC1CN(c2cc3c(cc2Br)C(O)C(=O)N3)CCS1. The molecule has 3 rings (SSSR count). The molecule has 0 radical (unpaired) electrons. The average molecular weight is 357 g/mol. The molecule has 2 aliphatic heterocycles. The Hall–Kier alpha value is -0.720. The molecule has 0 aliphatic carbocycles. The first-order valence-corrected chi connectivity index (χ1v) is 8.63. The van der Waals surface area contributed by atoms with Crippen LogP contribution in [0.3, 0.4) is 0 Å². The molecule has 1 aromatic rings. The molecule has 0 saturated carbocycles. The topological polar surface area (TPSA) is 52.6 Å². The molecule has 1 amide bonds. The minimum atomic E-state index is -1.05. The first-order chi connectivity index (χ1) is 9.60. The lowest BCUT2D eigenvalue weighted by Gasteiger charge is -2.34. The lowest BCUT2D eigenvalue weighted by Crippen LogP contribution is -2.37. The van der Waals surface area contributed by atoms with E-state index in [0.717, 1.165) is 34.7 Å². The molecule has 4 nitrogen and oxygen atoms in total. The van der Waals surface area contributed by atoms with E-state index in [2.05, 4.69) is 33.1 Å². The minimum absolute atomic E-state index is 0.343. The van der Waals surface area contributed by atoms with Crippen molar-refractivity contribution >= 4 is 45.0 Å². The second kappa shape index (κ2) is 5.58. The molecule has 2 heterocycles. The van der Waals surface area contributed by atoms with Crippen LogP contribution in [0.15, 0.2) is 16.6 Å². The van der Waals surface area contributed by atoms with E-state index >= 15 is 0 Å². The first kappa shape index (κ1) is 14.2. The van der Waals surface area contributed by atoms with Gasteiger partial charge in [0.2, 0.25) is 0 Å². The molecule has 0 bridgehead atoms. The van der Waals surface area contributed by atoms with Crippen molar-refractivity contribution in [1.29, 1.82) is 0 Å². The molecular formula is C14H17BrN2O2S. The highest BCUT2D eigenvalue weighted by molar-refractivity contribution is 9.10. The van der Waals surface area contributed by atoms with Crippen LogP contribution in [0.25, 0.3) is 0 Å². The lowest BCUT2D eigenvalue weighted by molar-refractivity contribution is -0.123. The first-order valence-electron chi connectivity index (χ1n) is 6.79. The van der Waals surface area contributed by atoms with Crippen LogP contribution >= 0.6 is 27.7 Å². The zero-order valence-electron chi connectivity index (χ0n) is 11.2. The number of aliphatic hydroxyl groups excluding tert-OH is 1. The van der Waals surface area contributed by atoms with Crippen LogP contribution < -0.4 is 10.2 Å². The van der Waals surface area contributed by atoms with Crippen LogP contribution in [0, 0.1) is 0 Å². The highest BCUT2D eigenvalue weighted by atomic mass is 79.9. The van der Waals surface area contributed by atoms with Gasteiger partial charge in [0, 0.05) is 39.8 Å². The summed E-state index contributed by atoms with van der Waals surface area (Å²) < 4.78 is 0.938. The zero-order chi connectivity index (χ0) is 14.3. The van der Waals surface area contributed by atoms with Gasteiger partial charge in [0.1, 0.15) is 0 Å². The van der Waals surface area contributed by atoms with E-state index in [1.807, 2.05) is 23.9 Å². The number of hydrogen-bond donors (Lipinski definition) is 2. The molecule has 108 valence electrons. The average Bonchev–Trinajstić information content (AvgIpc) is 2.73. The second-order valence-electron chi connectivity index (χ2n) is 5.13. The summed E-state index contributed by atoms with van der Waals surface area (Å²) in [6, 6.07) is 3.83. The maximum absolute atomic E-state index is 11.5. The zero-order valence-corrected chi connectivity index (χ0v) is 13.6. The van der Waals surface area contributed by atoms with E-state index in [1.165, 1.54) is 6.42 Å². The van der Waals surface area contributed by atoms with E-state index in [9.17, 15) is 9.90 Å². The largest absolute Gasteiger partial charge is 0.378 e. The van der Waals surface area contributed by atoms with Crippen molar-refractivity contribution in [3.05, 3.63) is 22.2 Å². The van der Waals surface area contributed by atoms with Gasteiger partial charge >= 0.3 is 0 Å². The van der Waals surface area contributed by atoms with Crippen LogP contribution in [0.2, 0.25) is 0 Å². The summed E-state index contributed by atoms with van der Waals surface area (Å²) in [7, 11) is 0. The third kappa shape index (κ3) is 2.44. The standard InChI is InChI=1S/C14H17BrN2O2S/c1-2-8-7-17(3-4-20-8)12-6-11-9(5-10(12)15)13(18)14(19)16-11/h5-6,8,13,18H,2-4,7H2,1H3,(H,16,19). The summed E-state index contributed by atoms with van der Waals surface area (Å²) in [6.07, 6.45) is 0.120. The molecule has 0 aromatic heterocycles. The summed E-state index contributed by atoms with van der Waals surface area (Å²) in [5.74, 6) is 0.779. The van der Waals surface area contributed by atoms with Crippen LogP contribution in [0.4, 0.5) is 11.4 Å². The molecule has 20 heavy (non-hydrogen) atoms. The summed E-state index contributed by atoms with van der Waals surface area (Å²) in [5, 5.41) is 13.2. The van der Waals surface area contributed by atoms with Gasteiger partial charge in [-0.3, -0.25) is 4.79 Å². The Bertz CT molecular complexity index is 552. The van der Waals surface area contributed by atoms with Crippen molar-refractivity contribution in [2.24, 2.45) is 0 Å². The van der Waals surface area contributed by atoms with Crippen molar-refractivity contribution in [3.8, 4) is 0 Å². The molecule has 2 aliphatic rings. The third-order valence-electron chi connectivity index (χ3n) is 3.85. The van der Waals surface area contributed by atoms with Crippen LogP contribution in [0.5, 0.6) is 0 Å². The molecule has 2 N–H and O–H groups in total. The predicted octanol–water partition coefficient (Wildman–Crippen LogP) is 2.77. The Morgan fingerprint density at radius 2 is 2.35 bits per heavy atom. The summed E-state index contributed by atoms with van der Waals surface area (Å²) in [4.78, 5) is 13.9. The van der Waals surface area contributed by atoms with Gasteiger partial charge in [-0.1, -0.05) is 6.92 Å². The van der Waals surface area contributed by atoms with Crippen molar-refractivity contribution < 1.29 is 9.90 Å². The molecule has 1 aromatic carbocycles. The van der Waals surface area contributed by atoms with E-state index < -0.39 is 6.10 Å². The van der Waals surface area contributed by atoms with E-state index in [0.29, 0.717) is 10.8 Å². The molecule has 2 unspecified atom stereocenters. The van der Waals surface area contributed by atoms with Crippen molar-refractivity contribution in [3.63, 3.8) is 0 Å². The Morgan fingerprint density at radius 1 is 1.55 bits per heavy atom. The van der Waals surface area contributed by atoms with Crippen LogP contribution in [-0.2, 0) is 4.79 Å². The number of amides is 1. The fourth-order valence-electron chi connectivity index (χ4n) is 2.68. The van der Waals surface area contributed by atoms with Gasteiger partial charge in [-0.05, 0) is 34.5 Å². The van der Waals surface area contributed by atoms with E-state index in [1.54, 1.807) is 0 Å². The van der Waals surface area contributed by atoms with Gasteiger partial charge in [0.15, 0.2) is 6.10 Å². The lowest BCUT2D eigenvalue weighted by atomic mass is 10.1. The molecule has 1 saturated heterocycles. The van der Waals surface area contributed by atoms with Crippen molar-refractivity contribution in [1.82, 2.24) is 0 Å². The number of thioether (sulfide) groups is 1. The third-order valence-corrected chi connectivity index (χ3v) is 5.86. The Morgan fingerprint density at radius 3 is 3.10 bits per heavy atom. The Labute approximate surface area is 131 Å².